The fourth-order valence-electron chi connectivity index (χ4n) is 1.98. The summed E-state index contributed by atoms with van der Waals surface area (Å²) in [7, 11) is 0. The van der Waals surface area contributed by atoms with E-state index in [2.05, 4.69) is 37.3 Å². The van der Waals surface area contributed by atoms with Crippen LogP contribution in [0, 0.1) is 5.92 Å². The summed E-state index contributed by atoms with van der Waals surface area (Å²) in [6.45, 7) is 9.85. The molecule has 1 aromatic rings. The van der Waals surface area contributed by atoms with Gasteiger partial charge < -0.3 is 10.1 Å². The number of ether oxygens (including phenoxy) is 1. The summed E-state index contributed by atoms with van der Waals surface area (Å²) in [5.74, 6) is 0.689. The minimum Gasteiger partial charge on any atom is -0.466 e. The van der Waals surface area contributed by atoms with Crippen molar-refractivity contribution < 1.29 is 9.53 Å². The Kier molecular flexibility index (Phi) is 3.32. The number of carbonyl (C=O) groups is 1. The van der Waals surface area contributed by atoms with Crippen molar-refractivity contribution in [2.24, 2.45) is 5.92 Å². The number of carbonyl (C=O) groups excluding carboxylic acids is 1. The van der Waals surface area contributed by atoms with Crippen LogP contribution in [0.4, 0.5) is 5.82 Å². The molecule has 18 heavy (non-hydrogen) atoms. The molecule has 5 heteroatoms. The molecule has 0 fully saturated rings. The molecule has 0 amide bonds. The van der Waals surface area contributed by atoms with Crippen LogP contribution in [-0.2, 0) is 21.5 Å². The third-order valence-electron chi connectivity index (χ3n) is 3.09. The predicted octanol–water partition coefficient (Wildman–Crippen LogP) is 1.79. The van der Waals surface area contributed by atoms with Gasteiger partial charge in [-0.1, -0.05) is 20.8 Å². The second-order valence-electron chi connectivity index (χ2n) is 5.68. The molecule has 100 valence electrons. The van der Waals surface area contributed by atoms with Crippen LogP contribution in [-0.4, -0.2) is 28.9 Å². The molecule has 5 nitrogen and oxygen atoms in total. The average Bonchev–Trinajstić information content (AvgIpc) is 2.71. The zero-order valence-electron chi connectivity index (χ0n) is 11.5. The topological polar surface area (TPSA) is 56.1 Å². The monoisotopic (exact) mass is 251 g/mol. The Bertz CT molecular complexity index is 446. The molecule has 0 saturated carbocycles. The highest BCUT2D eigenvalue weighted by Gasteiger charge is 2.28. The number of hydrogen-bond donors (Lipinski definition) is 1. The Morgan fingerprint density at radius 3 is 2.94 bits per heavy atom. The molecular weight excluding hydrogens is 230 g/mol. The van der Waals surface area contributed by atoms with E-state index in [1.807, 2.05) is 11.6 Å². The Labute approximate surface area is 108 Å². The van der Waals surface area contributed by atoms with Gasteiger partial charge in [0.05, 0.1) is 24.8 Å². The van der Waals surface area contributed by atoms with E-state index in [4.69, 9.17) is 4.74 Å². The number of fused-ring (bicyclic) bond motifs is 1. The number of esters is 1. The van der Waals surface area contributed by atoms with E-state index in [-0.39, 0.29) is 17.3 Å². The van der Waals surface area contributed by atoms with Crippen LogP contribution in [0.5, 0.6) is 0 Å². The number of aromatic nitrogens is 2. The fraction of sp³-hybridized carbons (Fsp3) is 0.692. The van der Waals surface area contributed by atoms with Crippen molar-refractivity contribution in [1.82, 2.24) is 9.78 Å². The summed E-state index contributed by atoms with van der Waals surface area (Å²) in [4.78, 5) is 11.7. The van der Waals surface area contributed by atoms with E-state index in [1.54, 1.807) is 0 Å². The number of nitrogens with one attached hydrogen (secondary N) is 1. The Hall–Kier alpha value is -1.52. The Balaban J connectivity index is 2.15. The van der Waals surface area contributed by atoms with Gasteiger partial charge in [-0.05, 0) is 6.92 Å². The van der Waals surface area contributed by atoms with Gasteiger partial charge in [-0.15, -0.1) is 0 Å². The van der Waals surface area contributed by atoms with Crippen LogP contribution in [0.25, 0.3) is 0 Å². The number of hydrogen-bond acceptors (Lipinski definition) is 4. The van der Waals surface area contributed by atoms with Crippen LogP contribution in [0.3, 0.4) is 0 Å². The summed E-state index contributed by atoms with van der Waals surface area (Å²) in [5.41, 5.74) is 1.06. The van der Waals surface area contributed by atoms with E-state index >= 15 is 0 Å². The first-order chi connectivity index (χ1) is 8.41. The van der Waals surface area contributed by atoms with Crippen LogP contribution < -0.4 is 5.32 Å². The first-order valence-corrected chi connectivity index (χ1v) is 6.40. The maximum Gasteiger partial charge on any atom is 0.312 e. The summed E-state index contributed by atoms with van der Waals surface area (Å²) in [5, 5.41) is 7.81. The molecule has 2 heterocycles. The first-order valence-electron chi connectivity index (χ1n) is 6.40. The largest absolute Gasteiger partial charge is 0.466 e. The summed E-state index contributed by atoms with van der Waals surface area (Å²) in [6, 6.07) is 2.06. The highest BCUT2D eigenvalue weighted by atomic mass is 16.5. The minimum atomic E-state index is -0.150. The second kappa shape index (κ2) is 4.63. The number of rotatable bonds is 2. The van der Waals surface area contributed by atoms with Crippen molar-refractivity contribution in [3.05, 3.63) is 11.8 Å². The van der Waals surface area contributed by atoms with Gasteiger partial charge in [0, 0.05) is 18.0 Å². The van der Waals surface area contributed by atoms with Gasteiger partial charge in [0.1, 0.15) is 5.82 Å². The van der Waals surface area contributed by atoms with Gasteiger partial charge in [-0.25, -0.2) is 4.68 Å². The standard InChI is InChI=1S/C13H21N3O2/c1-5-18-12(17)9-7-14-11-6-10(13(2,3)4)15-16(11)8-9/h6,9,14H,5,7-8H2,1-4H3. The maximum absolute atomic E-state index is 11.7. The molecule has 1 aliphatic heterocycles. The summed E-state index contributed by atoms with van der Waals surface area (Å²) < 4.78 is 6.92. The summed E-state index contributed by atoms with van der Waals surface area (Å²) >= 11 is 0. The fourth-order valence-corrected chi connectivity index (χ4v) is 1.98. The highest BCUT2D eigenvalue weighted by molar-refractivity contribution is 5.73. The van der Waals surface area contributed by atoms with Crippen LogP contribution in [0.15, 0.2) is 6.07 Å². The Morgan fingerprint density at radius 2 is 2.33 bits per heavy atom. The maximum atomic E-state index is 11.7. The molecule has 0 aromatic carbocycles. The SMILES string of the molecule is CCOC(=O)C1CNc2cc(C(C)(C)C)nn2C1. The molecule has 1 unspecified atom stereocenters. The molecule has 0 aliphatic carbocycles. The lowest BCUT2D eigenvalue weighted by Gasteiger charge is -2.23. The van der Waals surface area contributed by atoms with Crippen molar-refractivity contribution in [2.75, 3.05) is 18.5 Å². The van der Waals surface area contributed by atoms with Crippen LogP contribution in [0.1, 0.15) is 33.4 Å². The van der Waals surface area contributed by atoms with E-state index in [9.17, 15) is 4.79 Å². The minimum absolute atomic E-state index is 0.0193. The molecule has 0 spiro atoms. The quantitative estimate of drug-likeness (QED) is 0.814. The lowest BCUT2D eigenvalue weighted by Crippen LogP contribution is -2.34. The molecule has 0 radical (unpaired) electrons. The second-order valence-corrected chi connectivity index (χ2v) is 5.68. The normalized spacial score (nSPS) is 19.0. The van der Waals surface area contributed by atoms with Gasteiger partial charge in [-0.2, -0.15) is 5.10 Å². The molecular formula is C13H21N3O2. The Morgan fingerprint density at radius 1 is 1.61 bits per heavy atom. The predicted molar refractivity (Wildman–Crippen MR) is 69.5 cm³/mol. The van der Waals surface area contributed by atoms with Gasteiger partial charge in [0.15, 0.2) is 0 Å². The van der Waals surface area contributed by atoms with Crippen molar-refractivity contribution in [1.29, 1.82) is 0 Å². The lowest BCUT2D eigenvalue weighted by molar-refractivity contribution is -0.148. The van der Waals surface area contributed by atoms with E-state index in [0.717, 1.165) is 11.5 Å². The van der Waals surface area contributed by atoms with E-state index < -0.39 is 0 Å². The lowest BCUT2D eigenvalue weighted by atomic mass is 9.92. The van der Waals surface area contributed by atoms with Crippen molar-refractivity contribution >= 4 is 11.8 Å². The van der Waals surface area contributed by atoms with Crippen molar-refractivity contribution in [3.8, 4) is 0 Å². The smallest absolute Gasteiger partial charge is 0.312 e. The number of nitrogens with zero attached hydrogens (tertiary/aromatic N) is 2. The highest BCUT2D eigenvalue weighted by Crippen LogP contribution is 2.26. The van der Waals surface area contributed by atoms with Crippen LogP contribution in [0.2, 0.25) is 0 Å². The summed E-state index contributed by atoms with van der Waals surface area (Å²) in [6.07, 6.45) is 0. The van der Waals surface area contributed by atoms with Gasteiger partial charge in [0.2, 0.25) is 0 Å². The molecule has 1 aliphatic rings. The van der Waals surface area contributed by atoms with Crippen molar-refractivity contribution in [2.45, 2.75) is 39.7 Å². The molecule has 2 rings (SSSR count). The van der Waals surface area contributed by atoms with Gasteiger partial charge >= 0.3 is 5.97 Å². The molecule has 0 saturated heterocycles. The molecule has 0 bridgehead atoms. The average molecular weight is 251 g/mol. The first kappa shape index (κ1) is 12.9. The number of anilines is 1. The zero-order chi connectivity index (χ0) is 13.3. The van der Waals surface area contributed by atoms with E-state index in [1.165, 1.54) is 0 Å². The zero-order valence-corrected chi connectivity index (χ0v) is 11.5. The third kappa shape index (κ3) is 2.49. The van der Waals surface area contributed by atoms with E-state index in [0.29, 0.717) is 19.7 Å². The van der Waals surface area contributed by atoms with Crippen molar-refractivity contribution in [3.63, 3.8) is 0 Å². The van der Waals surface area contributed by atoms with Gasteiger partial charge in [0.25, 0.3) is 0 Å². The third-order valence-corrected chi connectivity index (χ3v) is 3.09. The molecule has 1 N–H and O–H groups in total. The van der Waals surface area contributed by atoms with Crippen LogP contribution >= 0.6 is 0 Å². The van der Waals surface area contributed by atoms with Gasteiger partial charge in [-0.3, -0.25) is 4.79 Å². The molecule has 1 aromatic heterocycles. The molecule has 1 atom stereocenters.